The van der Waals surface area contributed by atoms with Crippen LogP contribution in [0.1, 0.15) is 15.2 Å². The summed E-state index contributed by atoms with van der Waals surface area (Å²) in [6, 6.07) is 15.1. The number of nitrogens with zero attached hydrogens (tertiary/aromatic N) is 3. The first-order valence-corrected chi connectivity index (χ1v) is 10.2. The molecule has 0 radical (unpaired) electrons. The van der Waals surface area contributed by atoms with Gasteiger partial charge < -0.3 is 9.64 Å². The number of hydrogen-bond acceptors (Lipinski definition) is 5. The summed E-state index contributed by atoms with van der Waals surface area (Å²) in [4.78, 5) is 33.5. The third-order valence-electron chi connectivity index (χ3n) is 4.84. The van der Waals surface area contributed by atoms with Crippen LogP contribution in [0.5, 0.6) is 0 Å². The summed E-state index contributed by atoms with van der Waals surface area (Å²) in [6.07, 6.45) is 1.64. The van der Waals surface area contributed by atoms with E-state index in [0.717, 1.165) is 22.0 Å². The molecule has 0 aliphatic carbocycles. The predicted octanol–water partition coefficient (Wildman–Crippen LogP) is 4.52. The summed E-state index contributed by atoms with van der Waals surface area (Å²) >= 11 is 1.22. The minimum absolute atomic E-state index is 0.131. The van der Waals surface area contributed by atoms with Crippen LogP contribution in [0.25, 0.3) is 26.7 Å². The smallest absolute Gasteiger partial charge is 0.350 e. The molecule has 0 unspecified atom stereocenters. The van der Waals surface area contributed by atoms with Gasteiger partial charge in [0.15, 0.2) is 0 Å². The Kier molecular flexibility index (Phi) is 5.13. The highest BCUT2D eigenvalue weighted by molar-refractivity contribution is 7.21. The van der Waals surface area contributed by atoms with E-state index in [1.165, 1.54) is 18.4 Å². The van der Waals surface area contributed by atoms with E-state index < -0.39 is 5.97 Å². The number of para-hydroxylation sites is 1. The molecule has 0 saturated heterocycles. The number of aryl methyl sites for hydroxylation is 1. The lowest BCUT2D eigenvalue weighted by atomic mass is 10.1. The highest BCUT2D eigenvalue weighted by atomic mass is 32.1. The van der Waals surface area contributed by atoms with Crippen LogP contribution < -0.4 is 5.56 Å². The minimum Gasteiger partial charge on any atom is -0.465 e. The van der Waals surface area contributed by atoms with Crippen LogP contribution in [-0.4, -0.2) is 43.0 Å². The van der Waals surface area contributed by atoms with Crippen molar-refractivity contribution in [1.82, 2.24) is 9.47 Å². The lowest BCUT2D eigenvalue weighted by Crippen LogP contribution is -2.19. The number of methoxy groups -OCH3 is 1. The number of fused-ring (bicyclic) bond motifs is 3. The second-order valence-electron chi connectivity index (χ2n) is 7.13. The van der Waals surface area contributed by atoms with Gasteiger partial charge in [-0.2, -0.15) is 0 Å². The number of carbonyl (C=O) groups is 1. The maximum Gasteiger partial charge on any atom is 0.350 e. The van der Waals surface area contributed by atoms with Crippen molar-refractivity contribution in [2.45, 2.75) is 6.92 Å². The Balaban J connectivity index is 2.26. The van der Waals surface area contributed by atoms with E-state index >= 15 is 0 Å². The second-order valence-corrected chi connectivity index (χ2v) is 8.13. The average Bonchev–Trinajstić information content (AvgIpc) is 3.12. The third-order valence-corrected chi connectivity index (χ3v) is 5.99. The normalized spacial score (nSPS) is 11.5. The molecule has 0 fully saturated rings. The SMILES string of the molecule is COC(=O)c1sc2c(c1N=CN(C)C)c1ccccc1c(=O)n2-c1ccccc1C. The van der Waals surface area contributed by atoms with Crippen molar-refractivity contribution in [2.24, 2.45) is 4.99 Å². The number of hydrogen-bond donors (Lipinski definition) is 0. The Morgan fingerprint density at radius 1 is 1.10 bits per heavy atom. The van der Waals surface area contributed by atoms with E-state index in [1.54, 1.807) is 21.9 Å². The number of esters is 1. The zero-order chi connectivity index (χ0) is 21.4. The number of aromatic nitrogens is 1. The van der Waals surface area contributed by atoms with Gasteiger partial charge in [0, 0.05) is 24.9 Å². The number of pyridine rings is 1. The molecular weight excluding hydrogens is 398 g/mol. The monoisotopic (exact) mass is 419 g/mol. The largest absolute Gasteiger partial charge is 0.465 e. The van der Waals surface area contributed by atoms with Crippen LogP contribution >= 0.6 is 11.3 Å². The zero-order valence-corrected chi connectivity index (χ0v) is 18.0. The fraction of sp³-hybridized carbons (Fsp3) is 0.174. The molecule has 2 aromatic heterocycles. The van der Waals surface area contributed by atoms with Gasteiger partial charge in [-0.05, 0) is 30.0 Å². The fourth-order valence-corrected chi connectivity index (χ4v) is 4.66. The molecule has 0 aliphatic heterocycles. The summed E-state index contributed by atoms with van der Waals surface area (Å²) in [5.74, 6) is -0.477. The number of rotatable bonds is 4. The van der Waals surface area contributed by atoms with E-state index in [2.05, 4.69) is 4.99 Å². The van der Waals surface area contributed by atoms with E-state index in [4.69, 9.17) is 4.74 Å². The summed E-state index contributed by atoms with van der Waals surface area (Å²) in [6.45, 7) is 1.96. The first-order valence-electron chi connectivity index (χ1n) is 9.39. The molecule has 0 aliphatic rings. The van der Waals surface area contributed by atoms with Gasteiger partial charge in [0.1, 0.15) is 15.4 Å². The molecule has 0 spiro atoms. The molecule has 4 rings (SSSR count). The molecule has 2 aromatic carbocycles. The van der Waals surface area contributed by atoms with Crippen molar-refractivity contribution in [2.75, 3.05) is 21.2 Å². The van der Waals surface area contributed by atoms with Crippen molar-refractivity contribution in [3.63, 3.8) is 0 Å². The van der Waals surface area contributed by atoms with Crippen molar-refractivity contribution >= 4 is 50.3 Å². The number of thiophene rings is 1. The summed E-state index contributed by atoms with van der Waals surface area (Å²) in [7, 11) is 5.06. The maximum absolute atomic E-state index is 13.5. The standard InChI is InChI=1S/C23H21N3O3S/c1-14-9-5-8-12-17(14)26-21(27)16-11-7-6-10-15(16)18-19(24-13-25(2)3)20(23(28)29-4)30-22(18)26/h5-13H,1-4H3. The number of ether oxygens (including phenoxy) is 1. The molecule has 6 nitrogen and oxygen atoms in total. The van der Waals surface area contributed by atoms with Gasteiger partial charge >= 0.3 is 5.97 Å². The first-order chi connectivity index (χ1) is 14.4. The summed E-state index contributed by atoms with van der Waals surface area (Å²) in [5.41, 5.74) is 2.11. The Morgan fingerprint density at radius 3 is 2.43 bits per heavy atom. The molecule has 7 heteroatoms. The van der Waals surface area contributed by atoms with Crippen LogP contribution in [0.2, 0.25) is 0 Å². The first kappa shape index (κ1) is 19.8. The van der Waals surface area contributed by atoms with Crippen LogP contribution in [0.3, 0.4) is 0 Å². The van der Waals surface area contributed by atoms with E-state index in [1.807, 2.05) is 63.5 Å². The second kappa shape index (κ2) is 7.76. The van der Waals surface area contributed by atoms with Crippen LogP contribution in [0.15, 0.2) is 58.3 Å². The maximum atomic E-state index is 13.5. The van der Waals surface area contributed by atoms with Crippen molar-refractivity contribution in [1.29, 1.82) is 0 Å². The molecule has 0 saturated carbocycles. The fourth-order valence-electron chi connectivity index (χ4n) is 3.47. The molecule has 4 aromatic rings. The molecule has 2 heterocycles. The van der Waals surface area contributed by atoms with Gasteiger partial charge in [0.2, 0.25) is 0 Å². The molecule has 0 N–H and O–H groups in total. The van der Waals surface area contributed by atoms with E-state index in [9.17, 15) is 9.59 Å². The van der Waals surface area contributed by atoms with Gasteiger partial charge in [-0.3, -0.25) is 9.36 Å². The molecule has 152 valence electrons. The highest BCUT2D eigenvalue weighted by Gasteiger charge is 2.25. The Morgan fingerprint density at radius 2 is 1.77 bits per heavy atom. The zero-order valence-electron chi connectivity index (χ0n) is 17.2. The number of aliphatic imine (C=N–C) groups is 1. The minimum atomic E-state index is -0.477. The molecule has 0 amide bonds. The predicted molar refractivity (Wildman–Crippen MR) is 123 cm³/mol. The Labute approximate surface area is 177 Å². The van der Waals surface area contributed by atoms with Crippen LogP contribution in [0, 0.1) is 6.92 Å². The van der Waals surface area contributed by atoms with Crippen molar-refractivity contribution in [3.8, 4) is 5.69 Å². The lowest BCUT2D eigenvalue weighted by molar-refractivity contribution is 0.0607. The molecule has 0 bridgehead atoms. The molecule has 30 heavy (non-hydrogen) atoms. The van der Waals surface area contributed by atoms with Crippen LogP contribution in [-0.2, 0) is 4.74 Å². The average molecular weight is 420 g/mol. The van der Waals surface area contributed by atoms with Gasteiger partial charge in [-0.1, -0.05) is 36.4 Å². The van der Waals surface area contributed by atoms with Gasteiger partial charge in [0.25, 0.3) is 5.56 Å². The Bertz CT molecular complexity index is 1370. The summed E-state index contributed by atoms with van der Waals surface area (Å²) < 4.78 is 6.70. The molecule has 0 atom stereocenters. The van der Waals surface area contributed by atoms with E-state index in [-0.39, 0.29) is 5.56 Å². The van der Waals surface area contributed by atoms with Crippen molar-refractivity contribution < 1.29 is 9.53 Å². The number of carbonyl (C=O) groups excluding carboxylic acids is 1. The lowest BCUT2D eigenvalue weighted by Gasteiger charge is -2.13. The number of benzene rings is 2. The van der Waals surface area contributed by atoms with Gasteiger partial charge in [-0.25, -0.2) is 9.79 Å². The Hall–Kier alpha value is -3.45. The van der Waals surface area contributed by atoms with Gasteiger partial charge in [0.05, 0.1) is 19.1 Å². The van der Waals surface area contributed by atoms with Crippen molar-refractivity contribution in [3.05, 3.63) is 69.3 Å². The van der Waals surface area contributed by atoms with Gasteiger partial charge in [-0.15, -0.1) is 11.3 Å². The summed E-state index contributed by atoms with van der Waals surface area (Å²) in [5, 5.41) is 2.10. The van der Waals surface area contributed by atoms with Crippen LogP contribution in [0.4, 0.5) is 5.69 Å². The topological polar surface area (TPSA) is 63.9 Å². The highest BCUT2D eigenvalue weighted by Crippen LogP contribution is 2.42. The third kappa shape index (κ3) is 3.17. The van der Waals surface area contributed by atoms with E-state index in [0.29, 0.717) is 20.8 Å². The quantitative estimate of drug-likeness (QED) is 0.277. The molecular formula is C23H21N3O3S.